The number of hydrogen-bond acceptors (Lipinski definition) is 3. The van der Waals surface area contributed by atoms with Gasteiger partial charge >= 0.3 is 0 Å². The minimum absolute atomic E-state index is 0.0128. The molecule has 0 aliphatic carbocycles. The summed E-state index contributed by atoms with van der Waals surface area (Å²) in [6.07, 6.45) is 0.374. The molecule has 4 heteroatoms. The van der Waals surface area contributed by atoms with Gasteiger partial charge < -0.3 is 10.4 Å². The third-order valence-corrected chi connectivity index (χ3v) is 4.68. The van der Waals surface area contributed by atoms with Crippen molar-refractivity contribution in [3.8, 4) is 0 Å². The number of rotatable bonds is 5. The van der Waals surface area contributed by atoms with Crippen molar-refractivity contribution in [1.82, 2.24) is 5.32 Å². The van der Waals surface area contributed by atoms with Gasteiger partial charge in [0.05, 0.1) is 11.0 Å². The van der Waals surface area contributed by atoms with E-state index in [1.54, 1.807) is 6.92 Å². The van der Waals surface area contributed by atoms with Crippen LogP contribution in [0.2, 0.25) is 0 Å². The van der Waals surface area contributed by atoms with E-state index >= 15 is 0 Å². The number of aryl methyl sites for hydroxylation is 1. The summed E-state index contributed by atoms with van der Waals surface area (Å²) < 4.78 is 1.15. The van der Waals surface area contributed by atoms with Gasteiger partial charge in [-0.15, -0.1) is 11.3 Å². The second-order valence-corrected chi connectivity index (χ2v) is 6.50. The first-order chi connectivity index (χ1) is 9.49. The van der Waals surface area contributed by atoms with E-state index in [4.69, 9.17) is 0 Å². The zero-order chi connectivity index (χ0) is 14.7. The summed E-state index contributed by atoms with van der Waals surface area (Å²) in [5, 5.41) is 13.5. The molecule has 0 fully saturated rings. The van der Waals surface area contributed by atoms with Gasteiger partial charge in [0.15, 0.2) is 0 Å². The number of nitrogens with one attached hydrogen (secondary N) is 1. The molecule has 2 aromatic rings. The third kappa shape index (κ3) is 3.38. The summed E-state index contributed by atoms with van der Waals surface area (Å²) in [6.45, 7) is 6.39. The predicted molar refractivity (Wildman–Crippen MR) is 84.4 cm³/mol. The van der Waals surface area contributed by atoms with E-state index in [0.717, 1.165) is 20.5 Å². The first-order valence-corrected chi connectivity index (χ1v) is 7.75. The standard InChI is InChI=1S/C16H21NO2S/c1-10(8-11(2)18)9-17-16(19)15-12(3)13-6-4-5-7-14(13)20-15/h4-7,10-11,18H,8-9H2,1-3H3,(H,17,19). The Morgan fingerprint density at radius 3 is 2.70 bits per heavy atom. The molecular weight excluding hydrogens is 270 g/mol. The molecular formula is C16H21NO2S. The second kappa shape index (κ2) is 6.37. The molecule has 3 nitrogen and oxygen atoms in total. The van der Waals surface area contributed by atoms with Crippen LogP contribution >= 0.6 is 11.3 Å². The molecule has 0 aliphatic rings. The van der Waals surface area contributed by atoms with Crippen molar-refractivity contribution in [3.05, 3.63) is 34.7 Å². The minimum atomic E-state index is -0.326. The van der Waals surface area contributed by atoms with E-state index in [2.05, 4.69) is 5.32 Å². The number of aliphatic hydroxyl groups excluding tert-OH is 1. The van der Waals surface area contributed by atoms with E-state index in [1.165, 1.54) is 11.3 Å². The van der Waals surface area contributed by atoms with Crippen LogP contribution in [0.4, 0.5) is 0 Å². The van der Waals surface area contributed by atoms with Crippen molar-refractivity contribution in [3.63, 3.8) is 0 Å². The Morgan fingerprint density at radius 1 is 1.35 bits per heavy atom. The highest BCUT2D eigenvalue weighted by Crippen LogP contribution is 2.30. The molecule has 0 aliphatic heterocycles. The molecule has 0 bridgehead atoms. The first kappa shape index (κ1) is 15.0. The molecule has 2 atom stereocenters. The number of thiophene rings is 1. The molecule has 1 amide bonds. The Kier molecular flexibility index (Phi) is 4.78. The Labute approximate surface area is 123 Å². The molecule has 2 unspecified atom stereocenters. The van der Waals surface area contributed by atoms with E-state index < -0.39 is 0 Å². The fourth-order valence-corrected chi connectivity index (χ4v) is 3.53. The second-order valence-electron chi connectivity index (χ2n) is 5.45. The maximum atomic E-state index is 12.3. The van der Waals surface area contributed by atoms with Gasteiger partial charge in [0, 0.05) is 11.2 Å². The predicted octanol–water partition coefficient (Wildman–Crippen LogP) is 3.35. The number of benzene rings is 1. The molecule has 20 heavy (non-hydrogen) atoms. The van der Waals surface area contributed by atoms with E-state index in [0.29, 0.717) is 13.0 Å². The number of aliphatic hydroxyl groups is 1. The average Bonchev–Trinajstić information content (AvgIpc) is 2.73. The highest BCUT2D eigenvalue weighted by Gasteiger charge is 2.16. The molecule has 0 saturated heterocycles. The Hall–Kier alpha value is -1.39. The molecule has 108 valence electrons. The van der Waals surface area contributed by atoms with Crippen LogP contribution in [0, 0.1) is 12.8 Å². The number of carbonyl (C=O) groups is 1. The maximum Gasteiger partial charge on any atom is 0.261 e. The molecule has 1 aromatic heterocycles. The summed E-state index contributed by atoms with van der Waals surface area (Å²) in [7, 11) is 0. The zero-order valence-electron chi connectivity index (χ0n) is 12.1. The van der Waals surface area contributed by atoms with Crippen LogP contribution in [0.25, 0.3) is 10.1 Å². The van der Waals surface area contributed by atoms with E-state index in [1.807, 2.05) is 38.1 Å². The number of amides is 1. The lowest BCUT2D eigenvalue weighted by atomic mass is 10.0. The highest BCUT2D eigenvalue weighted by atomic mass is 32.1. The van der Waals surface area contributed by atoms with Gasteiger partial charge in [0.25, 0.3) is 5.91 Å². The number of carbonyl (C=O) groups excluding carboxylic acids is 1. The van der Waals surface area contributed by atoms with Crippen LogP contribution in [0.15, 0.2) is 24.3 Å². The summed E-state index contributed by atoms with van der Waals surface area (Å²) in [5.41, 5.74) is 1.05. The number of hydrogen-bond donors (Lipinski definition) is 2. The van der Waals surface area contributed by atoms with Crippen LogP contribution in [0.3, 0.4) is 0 Å². The van der Waals surface area contributed by atoms with Crippen LogP contribution in [-0.4, -0.2) is 23.7 Å². The lowest BCUT2D eigenvalue weighted by Gasteiger charge is -2.13. The van der Waals surface area contributed by atoms with Crippen LogP contribution in [-0.2, 0) is 0 Å². The normalized spacial score (nSPS) is 14.2. The molecule has 0 spiro atoms. The number of fused-ring (bicyclic) bond motifs is 1. The monoisotopic (exact) mass is 291 g/mol. The van der Waals surface area contributed by atoms with Crippen molar-refractivity contribution in [2.24, 2.45) is 5.92 Å². The topological polar surface area (TPSA) is 49.3 Å². The van der Waals surface area contributed by atoms with Crippen molar-refractivity contribution in [2.45, 2.75) is 33.3 Å². The Bertz CT molecular complexity index is 604. The summed E-state index contributed by atoms with van der Waals surface area (Å²) in [5.74, 6) is 0.259. The van der Waals surface area contributed by atoms with Gasteiger partial charge in [-0.3, -0.25) is 4.79 Å². The van der Waals surface area contributed by atoms with Crippen molar-refractivity contribution in [2.75, 3.05) is 6.54 Å². The fraction of sp³-hybridized carbons (Fsp3) is 0.438. The smallest absolute Gasteiger partial charge is 0.261 e. The summed E-state index contributed by atoms with van der Waals surface area (Å²) in [6, 6.07) is 8.08. The first-order valence-electron chi connectivity index (χ1n) is 6.93. The van der Waals surface area contributed by atoms with Crippen molar-refractivity contribution < 1.29 is 9.90 Å². The molecule has 1 heterocycles. The summed E-state index contributed by atoms with van der Waals surface area (Å²) in [4.78, 5) is 13.0. The van der Waals surface area contributed by atoms with Gasteiger partial charge in [-0.1, -0.05) is 25.1 Å². The Morgan fingerprint density at radius 2 is 2.05 bits per heavy atom. The highest BCUT2D eigenvalue weighted by molar-refractivity contribution is 7.21. The summed E-state index contributed by atoms with van der Waals surface area (Å²) >= 11 is 1.54. The zero-order valence-corrected chi connectivity index (χ0v) is 13.0. The van der Waals surface area contributed by atoms with Gasteiger partial charge in [0.1, 0.15) is 0 Å². The molecule has 0 saturated carbocycles. The molecule has 0 radical (unpaired) electrons. The van der Waals surface area contributed by atoms with Crippen molar-refractivity contribution in [1.29, 1.82) is 0 Å². The average molecular weight is 291 g/mol. The van der Waals surface area contributed by atoms with Gasteiger partial charge in [0.2, 0.25) is 0 Å². The third-order valence-electron chi connectivity index (χ3n) is 3.40. The van der Waals surface area contributed by atoms with Gasteiger partial charge in [-0.25, -0.2) is 0 Å². The molecule has 1 aromatic carbocycles. The lowest BCUT2D eigenvalue weighted by molar-refractivity contribution is 0.0943. The van der Waals surface area contributed by atoms with E-state index in [9.17, 15) is 9.90 Å². The van der Waals surface area contributed by atoms with Crippen molar-refractivity contribution >= 4 is 27.3 Å². The van der Waals surface area contributed by atoms with Crippen LogP contribution in [0.1, 0.15) is 35.5 Å². The lowest BCUT2D eigenvalue weighted by Crippen LogP contribution is -2.29. The largest absolute Gasteiger partial charge is 0.393 e. The fourth-order valence-electron chi connectivity index (χ4n) is 2.40. The van der Waals surface area contributed by atoms with Crippen LogP contribution in [0.5, 0.6) is 0 Å². The van der Waals surface area contributed by atoms with Crippen LogP contribution < -0.4 is 5.32 Å². The molecule has 2 N–H and O–H groups in total. The SMILES string of the molecule is Cc1c(C(=O)NCC(C)CC(C)O)sc2ccccc12. The van der Waals surface area contributed by atoms with Gasteiger partial charge in [-0.05, 0) is 43.2 Å². The van der Waals surface area contributed by atoms with Gasteiger partial charge in [-0.2, -0.15) is 0 Å². The van der Waals surface area contributed by atoms with E-state index in [-0.39, 0.29) is 17.9 Å². The quantitative estimate of drug-likeness (QED) is 0.887. The maximum absolute atomic E-state index is 12.3. The molecule has 2 rings (SSSR count). The Balaban J connectivity index is 2.06. The minimum Gasteiger partial charge on any atom is -0.393 e.